The van der Waals surface area contributed by atoms with Gasteiger partial charge in [0.25, 0.3) is 0 Å². The minimum absolute atomic E-state index is 0.0281. The summed E-state index contributed by atoms with van der Waals surface area (Å²) in [7, 11) is 2.19. The molecule has 0 bridgehead atoms. The van der Waals surface area contributed by atoms with E-state index in [1.165, 1.54) is 45.7 Å². The van der Waals surface area contributed by atoms with Crippen LogP contribution in [0, 0.1) is 0 Å². The molecule has 1 atom stereocenters. The predicted octanol–water partition coefficient (Wildman–Crippen LogP) is 6.81. The van der Waals surface area contributed by atoms with E-state index in [-0.39, 0.29) is 17.4 Å². The zero-order chi connectivity index (χ0) is 36.2. The number of pyridine rings is 1. The summed E-state index contributed by atoms with van der Waals surface area (Å²) in [5.41, 5.74) is 1.49. The Bertz CT molecular complexity index is 2140. The number of hydrogen-bond acceptors (Lipinski definition) is 9. The van der Waals surface area contributed by atoms with E-state index in [1.807, 2.05) is 35.0 Å². The second-order valence-electron chi connectivity index (χ2n) is 13.7. The van der Waals surface area contributed by atoms with Crippen LogP contribution < -0.4 is 10.9 Å². The van der Waals surface area contributed by atoms with Crippen LogP contribution in [0.15, 0.2) is 94.5 Å². The maximum absolute atomic E-state index is 12.8. The van der Waals surface area contributed by atoms with Crippen LogP contribution in [-0.4, -0.2) is 68.0 Å². The number of carboxylic acids is 1. The summed E-state index contributed by atoms with van der Waals surface area (Å²) in [5, 5.41) is 40.5. The highest BCUT2D eigenvalue weighted by Crippen LogP contribution is 2.42. The van der Waals surface area contributed by atoms with Crippen molar-refractivity contribution in [3.63, 3.8) is 0 Å². The van der Waals surface area contributed by atoms with Gasteiger partial charge < -0.3 is 39.8 Å². The monoisotopic (exact) mass is 740 g/mol. The van der Waals surface area contributed by atoms with Crippen molar-refractivity contribution < 1.29 is 24.9 Å². The highest BCUT2D eigenvalue weighted by molar-refractivity contribution is 7.12. The van der Waals surface area contributed by atoms with Crippen molar-refractivity contribution in [2.45, 2.75) is 69.0 Å². The lowest BCUT2D eigenvalue weighted by molar-refractivity contribution is -0.170. The van der Waals surface area contributed by atoms with Gasteiger partial charge in [0.15, 0.2) is 0 Å². The van der Waals surface area contributed by atoms with Crippen LogP contribution in [0.4, 0.5) is 0 Å². The van der Waals surface area contributed by atoms with Crippen LogP contribution in [0.3, 0.4) is 0 Å². The molecule has 2 aromatic carbocycles. The van der Waals surface area contributed by atoms with Gasteiger partial charge in [-0.05, 0) is 115 Å². The molecule has 5 N–H and O–H groups in total. The Morgan fingerprint density at radius 3 is 2.48 bits per heavy atom. The van der Waals surface area contributed by atoms with Crippen molar-refractivity contribution in [1.29, 1.82) is 0 Å². The van der Waals surface area contributed by atoms with E-state index in [9.17, 15) is 24.9 Å². The Balaban J connectivity index is 0.884. The predicted molar refractivity (Wildman–Crippen MR) is 206 cm³/mol. The molecule has 0 amide bonds. The molecule has 0 unspecified atom stereocenters. The number of phenolic OH excluding ortho intramolecular Hbond substituents is 1. The number of aliphatic hydroxyl groups excluding tert-OH is 1. The first kappa shape index (κ1) is 36.1. The number of aliphatic hydroxyl groups is 1. The molecule has 0 saturated heterocycles. The molecule has 0 radical (unpaired) electrons. The number of fused-ring (bicyclic) bond motifs is 2. The number of rotatable bonds is 15. The number of aromatic hydroxyl groups is 1. The molecule has 12 heteroatoms. The van der Waals surface area contributed by atoms with Gasteiger partial charge in [0.1, 0.15) is 5.75 Å². The van der Waals surface area contributed by atoms with Crippen LogP contribution in [0.1, 0.15) is 59.1 Å². The highest BCUT2D eigenvalue weighted by atomic mass is 32.1. The molecular formula is C40H44N4O6S2. The third-order valence-electron chi connectivity index (χ3n) is 10.3. The van der Waals surface area contributed by atoms with E-state index in [2.05, 4.69) is 57.3 Å². The maximum Gasteiger partial charge on any atom is 0.347 e. The number of nitrogens with zero attached hydrogens (tertiary/aromatic N) is 2. The van der Waals surface area contributed by atoms with Crippen LogP contribution >= 0.6 is 22.7 Å². The topological polar surface area (TPSA) is 140 Å². The number of aromatic nitrogens is 2. The first-order valence-corrected chi connectivity index (χ1v) is 19.5. The standard InChI is InChI=1S/C40H44N4O6S2/c1-43(28-8-10-29(11-9-28)50-40(39(48)49,35-5-2-21-51-35)36-6-3-22-52-36)18-4-19-44-20-17-27-23-26(7-14-32(27)44)24-41-25-34(46)30-12-15-33(45)38-31(30)13-16-37(47)42-38/h2-3,5-7,12-17,20-23,28-29,34,41,45-46H,4,8-11,18-19,24-25H2,1H3,(H,42,47)(H,48,49)/t28?,29?,34-/m0/s1. The van der Waals surface area contributed by atoms with Crippen molar-refractivity contribution in [3.8, 4) is 5.75 Å². The molecule has 10 nitrogen and oxygen atoms in total. The summed E-state index contributed by atoms with van der Waals surface area (Å²) in [6.45, 7) is 2.77. The van der Waals surface area contributed by atoms with Gasteiger partial charge in [-0.15, -0.1) is 22.7 Å². The molecule has 272 valence electrons. The number of nitrogens with one attached hydrogen (secondary N) is 2. The van der Waals surface area contributed by atoms with Crippen molar-refractivity contribution in [3.05, 3.63) is 121 Å². The number of aromatic amines is 1. The summed E-state index contributed by atoms with van der Waals surface area (Å²) in [4.78, 5) is 31.0. The van der Waals surface area contributed by atoms with Crippen molar-refractivity contribution in [2.75, 3.05) is 20.1 Å². The Morgan fingerprint density at radius 2 is 1.79 bits per heavy atom. The van der Waals surface area contributed by atoms with E-state index >= 15 is 0 Å². The van der Waals surface area contributed by atoms with E-state index < -0.39 is 17.7 Å². The fourth-order valence-corrected chi connectivity index (χ4v) is 9.36. The summed E-state index contributed by atoms with van der Waals surface area (Å²) < 4.78 is 8.88. The number of thiophene rings is 2. The SMILES string of the molecule is CN(CCCn1ccc2cc(CNC[C@H](O)c3ccc(O)c4[nH]c(=O)ccc34)ccc21)C1CCC(OC(C(=O)O)(c2cccs2)c2cccs2)CC1. The van der Waals surface area contributed by atoms with Gasteiger partial charge >= 0.3 is 5.97 Å². The molecule has 0 aliphatic heterocycles. The van der Waals surface area contributed by atoms with Crippen LogP contribution in [-0.2, 0) is 28.2 Å². The normalized spacial score (nSPS) is 17.3. The lowest BCUT2D eigenvalue weighted by atomic mass is 9.90. The zero-order valence-corrected chi connectivity index (χ0v) is 30.7. The van der Waals surface area contributed by atoms with Crippen molar-refractivity contribution >= 4 is 50.4 Å². The van der Waals surface area contributed by atoms with Gasteiger partial charge in [-0.3, -0.25) is 4.79 Å². The number of ether oxygens (including phenoxy) is 1. The largest absolute Gasteiger partial charge is 0.506 e. The highest BCUT2D eigenvalue weighted by Gasteiger charge is 2.48. The molecule has 52 heavy (non-hydrogen) atoms. The molecule has 1 saturated carbocycles. The molecular weight excluding hydrogens is 697 g/mol. The fourth-order valence-electron chi connectivity index (χ4n) is 7.55. The number of aryl methyl sites for hydroxylation is 1. The lowest BCUT2D eigenvalue weighted by Crippen LogP contribution is -2.44. The Labute approximate surface area is 309 Å². The average molecular weight is 741 g/mol. The van der Waals surface area contributed by atoms with Gasteiger partial charge in [-0.1, -0.05) is 24.3 Å². The van der Waals surface area contributed by atoms with Gasteiger partial charge in [0, 0.05) is 48.8 Å². The molecule has 7 rings (SSSR count). The minimum Gasteiger partial charge on any atom is -0.506 e. The van der Waals surface area contributed by atoms with Gasteiger partial charge in [-0.2, -0.15) is 0 Å². The number of H-pyrrole nitrogens is 1. The Morgan fingerprint density at radius 1 is 1.04 bits per heavy atom. The molecule has 4 heterocycles. The van der Waals surface area contributed by atoms with Gasteiger partial charge in [0.05, 0.1) is 27.5 Å². The molecule has 1 fully saturated rings. The van der Waals surface area contributed by atoms with Crippen molar-refractivity contribution in [2.24, 2.45) is 0 Å². The van der Waals surface area contributed by atoms with Crippen molar-refractivity contribution in [1.82, 2.24) is 19.8 Å². The van der Waals surface area contributed by atoms with Crippen LogP contribution in [0.5, 0.6) is 5.75 Å². The summed E-state index contributed by atoms with van der Waals surface area (Å²) in [6.07, 6.45) is 5.82. The summed E-state index contributed by atoms with van der Waals surface area (Å²) in [6, 6.07) is 22.7. The van der Waals surface area contributed by atoms with Gasteiger partial charge in [-0.25, -0.2) is 4.79 Å². The van der Waals surface area contributed by atoms with Gasteiger partial charge in [0.2, 0.25) is 11.2 Å². The molecule has 1 aliphatic rings. The number of carbonyl (C=O) groups is 1. The zero-order valence-electron chi connectivity index (χ0n) is 29.0. The van der Waals surface area contributed by atoms with Crippen LogP contribution in [0.25, 0.3) is 21.8 Å². The second-order valence-corrected chi connectivity index (χ2v) is 15.6. The molecule has 0 spiro atoms. The Kier molecular flexibility index (Phi) is 10.9. The lowest BCUT2D eigenvalue weighted by Gasteiger charge is -2.38. The third kappa shape index (κ3) is 7.45. The van der Waals surface area contributed by atoms with E-state index in [0.29, 0.717) is 45.4 Å². The number of benzene rings is 2. The first-order chi connectivity index (χ1) is 25.2. The fraction of sp³-hybridized carbons (Fsp3) is 0.350. The first-order valence-electron chi connectivity index (χ1n) is 17.7. The average Bonchev–Trinajstić information content (AvgIpc) is 3.95. The number of carboxylic acid groups (broad SMARTS) is 1. The van der Waals surface area contributed by atoms with E-state index in [4.69, 9.17) is 4.74 Å². The van der Waals surface area contributed by atoms with Crippen LogP contribution in [0.2, 0.25) is 0 Å². The summed E-state index contributed by atoms with van der Waals surface area (Å²) >= 11 is 2.86. The molecule has 6 aromatic rings. The molecule has 4 aromatic heterocycles. The van der Waals surface area contributed by atoms with E-state index in [1.54, 1.807) is 12.1 Å². The molecule has 1 aliphatic carbocycles. The summed E-state index contributed by atoms with van der Waals surface area (Å²) in [5.74, 6) is -0.987. The minimum atomic E-state index is -1.46. The second kappa shape index (κ2) is 15.7. The smallest absolute Gasteiger partial charge is 0.347 e. The maximum atomic E-state index is 12.8. The quantitative estimate of drug-likeness (QED) is 0.0774. The number of aliphatic carboxylic acids is 1. The Hall–Kier alpha value is -4.30. The third-order valence-corrected chi connectivity index (χ3v) is 12.3. The number of phenols is 1. The number of hydrogen-bond donors (Lipinski definition) is 5. The van der Waals surface area contributed by atoms with E-state index in [0.717, 1.165) is 50.8 Å².